The van der Waals surface area contributed by atoms with Gasteiger partial charge in [-0.05, 0) is 18.6 Å². The van der Waals surface area contributed by atoms with Crippen LogP contribution >= 0.6 is 0 Å². The minimum atomic E-state index is -3.67. The van der Waals surface area contributed by atoms with Crippen molar-refractivity contribution in [1.29, 1.82) is 0 Å². The first kappa shape index (κ1) is 12.3. The maximum Gasteiger partial charge on any atom is 0.239 e. The van der Waals surface area contributed by atoms with E-state index < -0.39 is 10.0 Å². The van der Waals surface area contributed by atoms with Crippen LogP contribution in [0.25, 0.3) is 0 Å². The van der Waals surface area contributed by atoms with Crippen LogP contribution in [0.3, 0.4) is 0 Å². The molecule has 2 N–H and O–H groups in total. The van der Waals surface area contributed by atoms with Crippen molar-refractivity contribution in [3.05, 3.63) is 18.3 Å². The van der Waals surface area contributed by atoms with Crippen molar-refractivity contribution < 1.29 is 13.2 Å². The molecule has 6 nitrogen and oxygen atoms in total. The average Bonchev–Trinajstić information content (AvgIpc) is 2.80. The zero-order chi connectivity index (χ0) is 12.5. The zero-order valence-electron chi connectivity index (χ0n) is 9.54. The number of primary sulfonamides is 1. The van der Waals surface area contributed by atoms with Crippen molar-refractivity contribution in [2.75, 3.05) is 25.2 Å². The van der Waals surface area contributed by atoms with Crippen LogP contribution in [-0.4, -0.2) is 39.7 Å². The topological polar surface area (TPSA) is 85.5 Å². The summed E-state index contributed by atoms with van der Waals surface area (Å²) in [5, 5.41) is 5.00. The lowest BCUT2D eigenvalue weighted by Crippen LogP contribution is -2.32. The maximum absolute atomic E-state index is 11.1. The Morgan fingerprint density at radius 3 is 2.76 bits per heavy atom. The van der Waals surface area contributed by atoms with Crippen LogP contribution in [0.5, 0.6) is 0 Å². The number of rotatable bonds is 3. The Hall–Kier alpha value is -1.18. The molecule has 1 fully saturated rings. The van der Waals surface area contributed by atoms with E-state index in [1.807, 2.05) is 11.9 Å². The molecule has 1 aliphatic rings. The minimum absolute atomic E-state index is 0.0253. The molecule has 0 spiro atoms. The van der Waals surface area contributed by atoms with Crippen LogP contribution < -0.4 is 10.0 Å². The van der Waals surface area contributed by atoms with Crippen LogP contribution in [0.4, 0.5) is 5.82 Å². The van der Waals surface area contributed by atoms with E-state index in [-0.39, 0.29) is 4.90 Å². The molecule has 17 heavy (non-hydrogen) atoms. The number of anilines is 1. The van der Waals surface area contributed by atoms with Gasteiger partial charge in [0.15, 0.2) is 0 Å². The fourth-order valence-corrected chi connectivity index (χ4v) is 2.22. The van der Waals surface area contributed by atoms with Gasteiger partial charge in [-0.2, -0.15) is 0 Å². The van der Waals surface area contributed by atoms with Gasteiger partial charge in [0.25, 0.3) is 0 Å². The third-order valence-electron chi connectivity index (χ3n) is 2.86. The largest absolute Gasteiger partial charge is 0.379 e. The van der Waals surface area contributed by atoms with Crippen molar-refractivity contribution in [1.82, 2.24) is 4.98 Å². The molecule has 0 aromatic carbocycles. The van der Waals surface area contributed by atoms with E-state index >= 15 is 0 Å². The summed E-state index contributed by atoms with van der Waals surface area (Å²) in [6.45, 7) is 1.43. The average molecular weight is 257 g/mol. The summed E-state index contributed by atoms with van der Waals surface area (Å²) in [5.41, 5.74) is 0. The monoisotopic (exact) mass is 257 g/mol. The van der Waals surface area contributed by atoms with Gasteiger partial charge < -0.3 is 9.64 Å². The number of sulfonamides is 1. The number of nitrogens with zero attached hydrogens (tertiary/aromatic N) is 2. The first-order valence-corrected chi connectivity index (χ1v) is 6.82. The van der Waals surface area contributed by atoms with Crippen molar-refractivity contribution in [2.45, 2.75) is 17.4 Å². The van der Waals surface area contributed by atoms with Crippen LogP contribution in [0.15, 0.2) is 23.2 Å². The molecule has 0 unspecified atom stereocenters. The highest BCUT2D eigenvalue weighted by Gasteiger charge is 2.21. The Kier molecular flexibility index (Phi) is 3.32. The third kappa shape index (κ3) is 2.74. The van der Waals surface area contributed by atoms with E-state index in [0.717, 1.165) is 13.0 Å². The van der Waals surface area contributed by atoms with Gasteiger partial charge in [0.1, 0.15) is 10.7 Å². The summed E-state index contributed by atoms with van der Waals surface area (Å²) in [5.74, 6) is 0.716. The molecule has 0 amide bonds. The molecule has 1 aromatic rings. The first-order chi connectivity index (χ1) is 7.98. The second-order valence-corrected chi connectivity index (χ2v) is 5.59. The second-order valence-electron chi connectivity index (χ2n) is 4.03. The van der Waals surface area contributed by atoms with E-state index in [0.29, 0.717) is 18.5 Å². The number of nitrogens with two attached hydrogens (primary N) is 1. The summed E-state index contributed by atoms with van der Waals surface area (Å²) in [7, 11) is -1.76. The molecule has 2 heterocycles. The summed E-state index contributed by atoms with van der Waals surface area (Å²) in [4.78, 5) is 6.11. The van der Waals surface area contributed by atoms with Gasteiger partial charge in [0.05, 0.1) is 12.6 Å². The van der Waals surface area contributed by atoms with Gasteiger partial charge in [0.2, 0.25) is 10.0 Å². The zero-order valence-corrected chi connectivity index (χ0v) is 10.4. The lowest BCUT2D eigenvalue weighted by molar-refractivity contribution is 0.193. The Morgan fingerprint density at radius 1 is 1.53 bits per heavy atom. The molecule has 1 aliphatic heterocycles. The standard InChI is InChI=1S/C10H15N3O3S/c1-13(8-4-5-16-7-8)10-3-2-9(6-12-10)17(11,14)15/h2-3,6,8H,4-5,7H2,1H3,(H2,11,14,15)/t8-/m0/s1. The number of pyridine rings is 1. The fourth-order valence-electron chi connectivity index (χ4n) is 1.76. The van der Waals surface area contributed by atoms with Gasteiger partial charge in [0, 0.05) is 19.9 Å². The SMILES string of the molecule is CN(c1ccc(S(N)(=O)=O)cn1)[C@H]1CCOC1. The van der Waals surface area contributed by atoms with Gasteiger partial charge in [-0.1, -0.05) is 0 Å². The van der Waals surface area contributed by atoms with E-state index in [9.17, 15) is 8.42 Å². The Balaban J connectivity index is 2.17. The lowest BCUT2D eigenvalue weighted by Gasteiger charge is -2.24. The quantitative estimate of drug-likeness (QED) is 0.820. The van der Waals surface area contributed by atoms with E-state index in [4.69, 9.17) is 9.88 Å². The van der Waals surface area contributed by atoms with Crippen LogP contribution in [-0.2, 0) is 14.8 Å². The predicted molar refractivity (Wildman–Crippen MR) is 63.2 cm³/mol. The van der Waals surface area contributed by atoms with E-state index in [2.05, 4.69) is 4.98 Å². The summed E-state index contributed by atoms with van der Waals surface area (Å²) >= 11 is 0. The van der Waals surface area contributed by atoms with Gasteiger partial charge in [-0.3, -0.25) is 0 Å². The van der Waals surface area contributed by atoms with Crippen LogP contribution in [0, 0.1) is 0 Å². The molecule has 0 radical (unpaired) electrons. The lowest BCUT2D eigenvalue weighted by atomic mass is 10.2. The Labute approximate surface area is 100 Å². The highest BCUT2D eigenvalue weighted by Crippen LogP contribution is 2.18. The van der Waals surface area contributed by atoms with Crippen LogP contribution in [0.2, 0.25) is 0 Å². The maximum atomic E-state index is 11.1. The highest BCUT2D eigenvalue weighted by molar-refractivity contribution is 7.89. The highest BCUT2D eigenvalue weighted by atomic mass is 32.2. The molecule has 1 aromatic heterocycles. The second kappa shape index (κ2) is 4.59. The molecule has 1 saturated heterocycles. The molecule has 2 rings (SSSR count). The summed E-state index contributed by atoms with van der Waals surface area (Å²) in [6, 6.07) is 3.41. The number of hydrogen-bond donors (Lipinski definition) is 1. The Bertz CT molecular complexity index is 480. The molecule has 0 saturated carbocycles. The third-order valence-corrected chi connectivity index (χ3v) is 3.76. The molecular weight excluding hydrogens is 242 g/mol. The first-order valence-electron chi connectivity index (χ1n) is 5.28. The van der Waals surface area contributed by atoms with Crippen molar-refractivity contribution in [2.24, 2.45) is 5.14 Å². The molecular formula is C10H15N3O3S. The number of likely N-dealkylation sites (N-methyl/N-ethyl adjacent to an activating group) is 1. The predicted octanol–water partition coefficient (Wildman–Crippen LogP) is -0.0459. The molecule has 0 aliphatic carbocycles. The summed E-state index contributed by atoms with van der Waals surface area (Å²) < 4.78 is 27.4. The molecule has 7 heteroatoms. The molecule has 94 valence electrons. The normalized spacial score (nSPS) is 20.5. The number of ether oxygens (including phenoxy) is 1. The van der Waals surface area contributed by atoms with Crippen molar-refractivity contribution in [3.63, 3.8) is 0 Å². The van der Waals surface area contributed by atoms with E-state index in [1.54, 1.807) is 6.07 Å². The van der Waals surface area contributed by atoms with Crippen molar-refractivity contribution >= 4 is 15.8 Å². The van der Waals surface area contributed by atoms with E-state index in [1.165, 1.54) is 12.3 Å². The number of hydrogen-bond acceptors (Lipinski definition) is 5. The van der Waals surface area contributed by atoms with Crippen LogP contribution in [0.1, 0.15) is 6.42 Å². The van der Waals surface area contributed by atoms with Gasteiger partial charge in [-0.15, -0.1) is 0 Å². The van der Waals surface area contributed by atoms with Gasteiger partial charge in [-0.25, -0.2) is 18.5 Å². The summed E-state index contributed by atoms with van der Waals surface area (Å²) in [6.07, 6.45) is 2.23. The fraction of sp³-hybridized carbons (Fsp3) is 0.500. The number of aromatic nitrogens is 1. The molecule has 0 bridgehead atoms. The minimum Gasteiger partial charge on any atom is -0.379 e. The van der Waals surface area contributed by atoms with Crippen molar-refractivity contribution in [3.8, 4) is 0 Å². The molecule has 1 atom stereocenters. The Morgan fingerprint density at radius 2 is 2.29 bits per heavy atom. The smallest absolute Gasteiger partial charge is 0.239 e. The van der Waals surface area contributed by atoms with Gasteiger partial charge >= 0.3 is 0 Å².